The Labute approximate surface area is 155 Å². The largest absolute Gasteiger partial charge is 0.481 e. The van der Waals surface area contributed by atoms with E-state index in [2.05, 4.69) is 32.5 Å². The predicted octanol–water partition coefficient (Wildman–Crippen LogP) is 3.89. The SMILES string of the molecule is O=S(=O)(NCC#CCOc1cccc(C(F)(F)F)c1)c1ccc(Br)s1. The second kappa shape index (κ2) is 8.23. The predicted molar refractivity (Wildman–Crippen MR) is 91.9 cm³/mol. The fourth-order valence-corrected chi connectivity index (χ4v) is 4.62. The van der Waals surface area contributed by atoms with Crippen molar-refractivity contribution in [2.45, 2.75) is 10.4 Å². The molecule has 2 rings (SSSR count). The fraction of sp³-hybridized carbons (Fsp3) is 0.200. The summed E-state index contributed by atoms with van der Waals surface area (Å²) in [5, 5.41) is 0. The maximum Gasteiger partial charge on any atom is 0.416 e. The second-order valence-corrected chi connectivity index (χ2v) is 9.01. The molecular formula is C15H11BrF3NO3S2. The minimum absolute atomic E-state index is 0.0353. The number of sulfonamides is 1. The molecule has 0 aliphatic rings. The summed E-state index contributed by atoms with van der Waals surface area (Å²) in [7, 11) is -3.63. The molecule has 10 heteroatoms. The van der Waals surface area contributed by atoms with Crippen LogP contribution in [0.5, 0.6) is 5.75 Å². The molecule has 0 fully saturated rings. The Morgan fingerprint density at radius 1 is 1.20 bits per heavy atom. The van der Waals surface area contributed by atoms with Gasteiger partial charge in [-0.2, -0.15) is 17.9 Å². The van der Waals surface area contributed by atoms with Gasteiger partial charge in [0.1, 0.15) is 16.6 Å². The number of alkyl halides is 3. The molecule has 4 nitrogen and oxygen atoms in total. The van der Waals surface area contributed by atoms with Crippen molar-refractivity contribution < 1.29 is 26.3 Å². The lowest BCUT2D eigenvalue weighted by Crippen LogP contribution is -2.23. The number of hydrogen-bond donors (Lipinski definition) is 1. The van der Waals surface area contributed by atoms with E-state index >= 15 is 0 Å². The van der Waals surface area contributed by atoms with Gasteiger partial charge in [0, 0.05) is 0 Å². The van der Waals surface area contributed by atoms with Crippen LogP contribution in [0.3, 0.4) is 0 Å². The van der Waals surface area contributed by atoms with Gasteiger partial charge in [-0.25, -0.2) is 8.42 Å². The summed E-state index contributed by atoms with van der Waals surface area (Å²) >= 11 is 4.24. The third-order valence-electron chi connectivity index (χ3n) is 2.76. The number of ether oxygens (including phenoxy) is 1. The molecular weight excluding hydrogens is 443 g/mol. The summed E-state index contributed by atoms with van der Waals surface area (Å²) < 4.78 is 69.7. The zero-order valence-electron chi connectivity index (χ0n) is 12.4. The van der Waals surface area contributed by atoms with Gasteiger partial charge in [0.15, 0.2) is 0 Å². The first-order chi connectivity index (χ1) is 11.7. The highest BCUT2D eigenvalue weighted by Crippen LogP contribution is 2.31. The normalized spacial score (nSPS) is 11.7. The van der Waals surface area contributed by atoms with Crippen LogP contribution in [0.25, 0.3) is 0 Å². The second-order valence-electron chi connectivity index (χ2n) is 4.55. The molecule has 134 valence electrons. The lowest BCUT2D eigenvalue weighted by molar-refractivity contribution is -0.137. The van der Waals surface area contributed by atoms with Crippen LogP contribution in [0.15, 0.2) is 44.4 Å². The van der Waals surface area contributed by atoms with Crippen LogP contribution in [-0.2, 0) is 16.2 Å². The standard InChI is InChI=1S/C15H11BrF3NO3S2/c16-13-6-7-14(24-13)25(21,22)20-8-1-2-9-23-12-5-3-4-11(10-12)15(17,18)19/h3-7,10,20H,8-9H2. The van der Waals surface area contributed by atoms with Crippen molar-refractivity contribution in [2.24, 2.45) is 0 Å². The van der Waals surface area contributed by atoms with E-state index in [-0.39, 0.29) is 23.1 Å². The monoisotopic (exact) mass is 453 g/mol. The Kier molecular flexibility index (Phi) is 6.51. The summed E-state index contributed by atoms with van der Waals surface area (Å²) in [6, 6.07) is 7.51. The average Bonchev–Trinajstić information content (AvgIpc) is 2.98. The number of halogens is 4. The van der Waals surface area contributed by atoms with Crippen molar-refractivity contribution in [3.8, 4) is 17.6 Å². The fourth-order valence-electron chi connectivity index (χ4n) is 1.64. The number of thiophene rings is 1. The van der Waals surface area contributed by atoms with Crippen LogP contribution in [0, 0.1) is 11.8 Å². The van der Waals surface area contributed by atoms with Crippen molar-refractivity contribution in [3.05, 3.63) is 45.7 Å². The maximum absolute atomic E-state index is 12.6. The molecule has 0 atom stereocenters. The lowest BCUT2D eigenvalue weighted by atomic mass is 10.2. The van der Waals surface area contributed by atoms with E-state index < -0.39 is 21.8 Å². The average molecular weight is 454 g/mol. The molecule has 1 aromatic heterocycles. The summed E-state index contributed by atoms with van der Waals surface area (Å²) in [5.74, 6) is 5.11. The molecule has 0 unspecified atom stereocenters. The summed E-state index contributed by atoms with van der Waals surface area (Å²) in [5.41, 5.74) is -0.812. The van der Waals surface area contributed by atoms with E-state index in [1.807, 2.05) is 0 Å². The lowest BCUT2D eigenvalue weighted by Gasteiger charge is -2.08. The highest BCUT2D eigenvalue weighted by atomic mass is 79.9. The molecule has 0 radical (unpaired) electrons. The maximum atomic E-state index is 12.6. The molecule has 1 N–H and O–H groups in total. The van der Waals surface area contributed by atoms with Gasteiger partial charge in [0.05, 0.1) is 15.9 Å². The molecule has 0 saturated heterocycles. The number of rotatable bonds is 5. The van der Waals surface area contributed by atoms with Crippen LogP contribution >= 0.6 is 27.3 Å². The zero-order chi connectivity index (χ0) is 18.5. The molecule has 2 aromatic rings. The van der Waals surface area contributed by atoms with Crippen molar-refractivity contribution in [1.29, 1.82) is 0 Å². The number of nitrogens with one attached hydrogen (secondary N) is 1. The Morgan fingerprint density at radius 3 is 2.60 bits per heavy atom. The van der Waals surface area contributed by atoms with Gasteiger partial charge in [-0.3, -0.25) is 0 Å². The van der Waals surface area contributed by atoms with E-state index in [9.17, 15) is 21.6 Å². The summed E-state index contributed by atoms with van der Waals surface area (Å²) in [6.45, 7) is -0.294. The first kappa shape index (κ1) is 19.8. The van der Waals surface area contributed by atoms with E-state index in [0.29, 0.717) is 3.79 Å². The van der Waals surface area contributed by atoms with E-state index in [1.165, 1.54) is 18.2 Å². The van der Waals surface area contributed by atoms with Crippen molar-refractivity contribution in [3.63, 3.8) is 0 Å². The molecule has 1 heterocycles. The van der Waals surface area contributed by atoms with Crippen LogP contribution in [0.2, 0.25) is 0 Å². The summed E-state index contributed by atoms with van der Waals surface area (Å²) in [4.78, 5) is 0. The van der Waals surface area contributed by atoms with E-state index in [4.69, 9.17) is 4.74 Å². The minimum Gasteiger partial charge on any atom is -0.481 e. The molecule has 1 aromatic carbocycles. The van der Waals surface area contributed by atoms with Gasteiger partial charge >= 0.3 is 6.18 Å². The summed E-state index contributed by atoms with van der Waals surface area (Å²) in [6.07, 6.45) is -4.44. The Balaban J connectivity index is 1.84. The Hall–Kier alpha value is -1.54. The molecule has 0 saturated carbocycles. The van der Waals surface area contributed by atoms with Crippen LogP contribution in [-0.4, -0.2) is 21.6 Å². The van der Waals surface area contributed by atoms with Crippen LogP contribution in [0.4, 0.5) is 13.2 Å². The number of hydrogen-bond acceptors (Lipinski definition) is 4. The third kappa shape index (κ3) is 6.04. The smallest absolute Gasteiger partial charge is 0.416 e. The van der Waals surface area contributed by atoms with Gasteiger partial charge in [-0.1, -0.05) is 17.9 Å². The first-order valence-corrected chi connectivity index (χ1v) is 9.78. The van der Waals surface area contributed by atoms with E-state index in [1.54, 1.807) is 6.07 Å². The topological polar surface area (TPSA) is 55.4 Å². The molecule has 0 aliphatic heterocycles. The van der Waals surface area contributed by atoms with Crippen LogP contribution in [0.1, 0.15) is 5.56 Å². The minimum atomic E-state index is -4.44. The molecule has 0 amide bonds. The van der Waals surface area contributed by atoms with Gasteiger partial charge in [-0.05, 0) is 46.3 Å². The van der Waals surface area contributed by atoms with Gasteiger partial charge in [0.25, 0.3) is 10.0 Å². The van der Waals surface area contributed by atoms with Crippen molar-refractivity contribution >= 4 is 37.3 Å². The highest BCUT2D eigenvalue weighted by Gasteiger charge is 2.30. The Morgan fingerprint density at radius 2 is 1.96 bits per heavy atom. The molecule has 0 bridgehead atoms. The van der Waals surface area contributed by atoms with E-state index in [0.717, 1.165) is 23.5 Å². The quantitative estimate of drug-likeness (QED) is 0.698. The van der Waals surface area contributed by atoms with Crippen LogP contribution < -0.4 is 9.46 Å². The molecule has 0 spiro atoms. The zero-order valence-corrected chi connectivity index (χ0v) is 15.7. The van der Waals surface area contributed by atoms with Crippen molar-refractivity contribution in [1.82, 2.24) is 4.72 Å². The molecule has 25 heavy (non-hydrogen) atoms. The third-order valence-corrected chi connectivity index (χ3v) is 6.28. The Bertz CT molecular complexity index is 898. The van der Waals surface area contributed by atoms with Gasteiger partial charge in [0.2, 0.25) is 0 Å². The number of benzene rings is 1. The van der Waals surface area contributed by atoms with Gasteiger partial charge < -0.3 is 4.74 Å². The first-order valence-electron chi connectivity index (χ1n) is 6.69. The molecule has 0 aliphatic carbocycles. The van der Waals surface area contributed by atoms with Gasteiger partial charge in [-0.15, -0.1) is 11.3 Å². The highest BCUT2D eigenvalue weighted by molar-refractivity contribution is 9.11. The van der Waals surface area contributed by atoms with Crippen molar-refractivity contribution in [2.75, 3.05) is 13.2 Å².